The first-order chi connectivity index (χ1) is 19.1. The highest BCUT2D eigenvalue weighted by Crippen LogP contribution is 2.32. The molecular weight excluding hydrogens is 537 g/mol. The minimum Gasteiger partial charge on any atom is -0.463 e. The molecule has 1 aliphatic rings. The highest BCUT2D eigenvalue weighted by molar-refractivity contribution is 7.07. The average Bonchev–Trinajstić information content (AvgIpc) is 3.49. The van der Waals surface area contributed by atoms with Gasteiger partial charge in [0.25, 0.3) is 11.2 Å². The van der Waals surface area contributed by atoms with Gasteiger partial charge in [-0.1, -0.05) is 23.5 Å². The number of aromatic nitrogens is 1. The zero-order valence-corrected chi connectivity index (χ0v) is 22.9. The Morgan fingerprint density at radius 3 is 2.60 bits per heavy atom. The molecule has 5 rings (SSSR count). The third-order valence-corrected chi connectivity index (χ3v) is 7.71. The maximum Gasteiger partial charge on any atom is 0.338 e. The van der Waals surface area contributed by atoms with Crippen LogP contribution < -0.4 is 14.9 Å². The van der Waals surface area contributed by atoms with Crippen LogP contribution in [-0.4, -0.2) is 22.1 Å². The van der Waals surface area contributed by atoms with E-state index in [-0.39, 0.29) is 17.9 Å². The summed E-state index contributed by atoms with van der Waals surface area (Å²) in [5, 5.41) is 11.5. The molecule has 3 heterocycles. The standard InChI is InChI=1S/C29H24FN3O6S/c1-5-38-28(35)25-17(4)31-29-32(26(25)18-6-8-20(30)9-7-18)27(34)24(40-29)14-21-10-11-23(39-21)19-12-15(2)16(3)22(13-19)33(36)37/h6-14,26H,5H2,1-4H3/b24-14-/t26-/m0/s1. The van der Waals surface area contributed by atoms with Crippen LogP contribution in [0.15, 0.2) is 74.0 Å². The van der Waals surface area contributed by atoms with Crippen LogP contribution in [0.3, 0.4) is 0 Å². The molecule has 204 valence electrons. The lowest BCUT2D eigenvalue weighted by Crippen LogP contribution is -2.39. The van der Waals surface area contributed by atoms with Crippen LogP contribution in [-0.2, 0) is 9.53 Å². The Morgan fingerprint density at radius 1 is 1.20 bits per heavy atom. The predicted octanol–water partition coefficient (Wildman–Crippen LogP) is 4.72. The first kappa shape index (κ1) is 26.9. The van der Waals surface area contributed by atoms with Gasteiger partial charge in [0.15, 0.2) is 4.80 Å². The number of nitro groups is 1. The minimum atomic E-state index is -0.860. The van der Waals surface area contributed by atoms with Gasteiger partial charge < -0.3 is 9.15 Å². The van der Waals surface area contributed by atoms with Crippen LogP contribution in [0, 0.1) is 29.8 Å². The number of aryl methyl sites for hydroxylation is 1. The Morgan fingerprint density at radius 2 is 1.93 bits per heavy atom. The SMILES string of the molecule is CCOC(=O)C1=C(C)N=c2s/c(=C\c3ccc(-c4cc(C)c(C)c([N+](=O)[O-])c4)o3)c(=O)n2[C@H]1c1ccc(F)cc1. The molecule has 2 aromatic heterocycles. The zero-order valence-electron chi connectivity index (χ0n) is 22.1. The van der Waals surface area contributed by atoms with E-state index in [0.717, 1.165) is 16.9 Å². The van der Waals surface area contributed by atoms with Crippen molar-refractivity contribution >= 4 is 29.1 Å². The molecule has 4 aromatic rings. The van der Waals surface area contributed by atoms with Gasteiger partial charge in [0.2, 0.25) is 0 Å². The van der Waals surface area contributed by atoms with Gasteiger partial charge in [-0.3, -0.25) is 19.5 Å². The van der Waals surface area contributed by atoms with Crippen LogP contribution in [0.2, 0.25) is 0 Å². The molecule has 0 saturated heterocycles. The molecule has 0 radical (unpaired) electrons. The molecule has 40 heavy (non-hydrogen) atoms. The number of thiazole rings is 1. The van der Waals surface area contributed by atoms with Crippen LogP contribution >= 0.6 is 11.3 Å². The van der Waals surface area contributed by atoms with Gasteiger partial charge in [0.05, 0.1) is 33.4 Å². The summed E-state index contributed by atoms with van der Waals surface area (Å²) in [6.07, 6.45) is 1.56. The summed E-state index contributed by atoms with van der Waals surface area (Å²) in [7, 11) is 0. The van der Waals surface area contributed by atoms with Crippen molar-refractivity contribution in [2.24, 2.45) is 4.99 Å². The molecule has 1 aliphatic heterocycles. The number of carbonyl (C=O) groups excluding carboxylic acids is 1. The number of furan rings is 1. The Balaban J connectivity index is 1.62. The van der Waals surface area contributed by atoms with Gasteiger partial charge in [-0.2, -0.15) is 0 Å². The van der Waals surface area contributed by atoms with E-state index >= 15 is 0 Å². The van der Waals surface area contributed by atoms with Crippen molar-refractivity contribution in [3.63, 3.8) is 0 Å². The molecule has 0 amide bonds. The number of carbonyl (C=O) groups is 1. The third-order valence-electron chi connectivity index (χ3n) is 6.72. The number of nitro benzene ring substituents is 1. The van der Waals surface area contributed by atoms with Crippen molar-refractivity contribution in [3.05, 3.63) is 118 Å². The number of allylic oxidation sites excluding steroid dienone is 1. The van der Waals surface area contributed by atoms with Crippen molar-refractivity contribution in [2.45, 2.75) is 33.7 Å². The maximum absolute atomic E-state index is 13.7. The van der Waals surface area contributed by atoms with Crippen molar-refractivity contribution in [1.82, 2.24) is 4.57 Å². The second-order valence-corrected chi connectivity index (χ2v) is 10.3. The minimum absolute atomic E-state index is 0.00479. The molecule has 0 saturated carbocycles. The molecule has 0 bridgehead atoms. The quantitative estimate of drug-likeness (QED) is 0.191. The summed E-state index contributed by atoms with van der Waals surface area (Å²) in [4.78, 5) is 42.6. The summed E-state index contributed by atoms with van der Waals surface area (Å²) in [6.45, 7) is 6.98. The van der Waals surface area contributed by atoms with E-state index in [1.54, 1.807) is 52.0 Å². The maximum atomic E-state index is 13.7. The average molecular weight is 562 g/mol. The van der Waals surface area contributed by atoms with Gasteiger partial charge in [-0.15, -0.1) is 0 Å². The van der Waals surface area contributed by atoms with E-state index in [1.165, 1.54) is 34.9 Å². The van der Waals surface area contributed by atoms with E-state index in [9.17, 15) is 24.1 Å². The second kappa shape index (κ2) is 10.5. The van der Waals surface area contributed by atoms with Crippen LogP contribution in [0.5, 0.6) is 0 Å². The molecule has 11 heteroatoms. The van der Waals surface area contributed by atoms with Crippen LogP contribution in [0.25, 0.3) is 17.4 Å². The molecule has 0 unspecified atom stereocenters. The number of rotatable bonds is 6. The smallest absolute Gasteiger partial charge is 0.338 e. The Labute approximate surface area is 231 Å². The number of esters is 1. The predicted molar refractivity (Wildman–Crippen MR) is 147 cm³/mol. The highest BCUT2D eigenvalue weighted by Gasteiger charge is 2.33. The van der Waals surface area contributed by atoms with Crippen molar-refractivity contribution in [2.75, 3.05) is 6.61 Å². The fourth-order valence-electron chi connectivity index (χ4n) is 4.64. The van der Waals surface area contributed by atoms with Gasteiger partial charge in [0.1, 0.15) is 17.3 Å². The largest absolute Gasteiger partial charge is 0.463 e. The second-order valence-electron chi connectivity index (χ2n) is 9.25. The summed E-state index contributed by atoms with van der Waals surface area (Å²) in [5.41, 5.74) is 2.59. The van der Waals surface area contributed by atoms with Gasteiger partial charge in [-0.25, -0.2) is 14.2 Å². The molecule has 2 aromatic carbocycles. The van der Waals surface area contributed by atoms with Crippen molar-refractivity contribution in [1.29, 1.82) is 0 Å². The number of halogens is 1. The first-order valence-electron chi connectivity index (χ1n) is 12.4. The van der Waals surface area contributed by atoms with Crippen LogP contribution in [0.1, 0.15) is 42.3 Å². The molecular formula is C29H24FN3O6S. The molecule has 9 nitrogen and oxygen atoms in total. The van der Waals surface area contributed by atoms with Gasteiger partial charge in [-0.05, 0) is 69.2 Å². The number of benzene rings is 2. The summed E-state index contributed by atoms with van der Waals surface area (Å²) < 4.78 is 26.6. The summed E-state index contributed by atoms with van der Waals surface area (Å²) in [6, 6.07) is 11.3. The third kappa shape index (κ3) is 4.79. The van der Waals surface area contributed by atoms with E-state index in [1.807, 2.05) is 0 Å². The lowest BCUT2D eigenvalue weighted by molar-refractivity contribution is -0.385. The Kier molecular flexibility index (Phi) is 7.07. The number of fused-ring (bicyclic) bond motifs is 1. The molecule has 0 fully saturated rings. The lowest BCUT2D eigenvalue weighted by Gasteiger charge is -2.24. The fraction of sp³-hybridized carbons (Fsp3) is 0.207. The van der Waals surface area contributed by atoms with Crippen LogP contribution in [0.4, 0.5) is 10.1 Å². The van der Waals surface area contributed by atoms with E-state index in [2.05, 4.69) is 4.99 Å². The number of hydrogen-bond acceptors (Lipinski definition) is 8. The zero-order chi connectivity index (χ0) is 28.7. The normalized spacial score (nSPS) is 15.1. The van der Waals surface area contributed by atoms with E-state index in [0.29, 0.717) is 43.2 Å². The first-order valence-corrected chi connectivity index (χ1v) is 13.2. The Bertz CT molecular complexity index is 1880. The number of nitrogens with zero attached hydrogens (tertiary/aromatic N) is 3. The summed E-state index contributed by atoms with van der Waals surface area (Å²) >= 11 is 1.12. The van der Waals surface area contributed by atoms with Gasteiger partial charge in [0, 0.05) is 23.3 Å². The fourth-order valence-corrected chi connectivity index (χ4v) is 5.67. The monoisotopic (exact) mass is 561 g/mol. The van der Waals surface area contributed by atoms with Gasteiger partial charge >= 0.3 is 5.97 Å². The summed E-state index contributed by atoms with van der Waals surface area (Å²) in [5.74, 6) is -0.279. The van der Waals surface area contributed by atoms with Crippen molar-refractivity contribution in [3.8, 4) is 11.3 Å². The topological polar surface area (TPSA) is 117 Å². The Hall–Kier alpha value is -4.64. The molecule has 0 N–H and O–H groups in total. The van der Waals surface area contributed by atoms with E-state index in [4.69, 9.17) is 9.15 Å². The molecule has 1 atom stereocenters. The van der Waals surface area contributed by atoms with Crippen molar-refractivity contribution < 1.29 is 23.3 Å². The van der Waals surface area contributed by atoms with E-state index < -0.39 is 28.3 Å². The number of hydrogen-bond donors (Lipinski definition) is 0. The number of ether oxygens (including phenoxy) is 1. The highest BCUT2D eigenvalue weighted by atomic mass is 32.1. The molecule has 0 aliphatic carbocycles. The lowest BCUT2D eigenvalue weighted by atomic mass is 9.96. The molecule has 0 spiro atoms.